The van der Waals surface area contributed by atoms with Crippen LogP contribution in [0.4, 0.5) is 11.4 Å². The van der Waals surface area contributed by atoms with Gasteiger partial charge in [0.2, 0.25) is 17.7 Å². The molecule has 0 radical (unpaired) electrons. The summed E-state index contributed by atoms with van der Waals surface area (Å²) in [5.41, 5.74) is 1.43. The van der Waals surface area contributed by atoms with Crippen molar-refractivity contribution in [2.45, 2.75) is 31.7 Å². The maximum Gasteiger partial charge on any atom is 0.244 e. The van der Waals surface area contributed by atoms with Crippen LogP contribution in [0.15, 0.2) is 24.3 Å². The van der Waals surface area contributed by atoms with Crippen LogP contribution in [0.5, 0.6) is 0 Å². The summed E-state index contributed by atoms with van der Waals surface area (Å²) in [7, 11) is 0. The van der Waals surface area contributed by atoms with Gasteiger partial charge in [-0.15, -0.1) is 0 Å². The van der Waals surface area contributed by atoms with E-state index in [9.17, 15) is 14.4 Å². The number of nitrogens with one attached hydrogen (secondary N) is 3. The lowest BCUT2D eigenvalue weighted by atomic mass is 9.97. The second-order valence-electron chi connectivity index (χ2n) is 8.18. The number of hydrogen-bond donors (Lipinski definition) is 3. The standard InChI is InChI=1S/C21H29N5O3/c27-19-13-26(18-8-2-1-6-16(18)24-19)20(28)14-25-10-4-5-15(12-25)11-23-21(29)17-7-3-9-22-17/h1-2,6,8,15,17,22H,3-5,7,9-14H2,(H,23,29)(H,24,27). The number of likely N-dealkylation sites (tertiary alicyclic amines) is 1. The van der Waals surface area contributed by atoms with E-state index in [0.717, 1.165) is 51.0 Å². The Morgan fingerprint density at radius 1 is 1.17 bits per heavy atom. The van der Waals surface area contributed by atoms with Crippen molar-refractivity contribution in [1.82, 2.24) is 15.5 Å². The summed E-state index contributed by atoms with van der Waals surface area (Å²) >= 11 is 0. The lowest BCUT2D eigenvalue weighted by molar-refractivity contribution is -0.124. The number of carbonyl (C=O) groups excluding carboxylic acids is 3. The number of nitrogens with zero attached hydrogens (tertiary/aromatic N) is 2. The molecule has 0 spiro atoms. The Bertz CT molecular complexity index is 777. The van der Waals surface area contributed by atoms with Crippen molar-refractivity contribution in [1.29, 1.82) is 0 Å². The molecule has 4 rings (SSSR count). The van der Waals surface area contributed by atoms with Crippen LogP contribution in [-0.4, -0.2) is 67.9 Å². The number of anilines is 2. The number of hydrogen-bond acceptors (Lipinski definition) is 5. The van der Waals surface area contributed by atoms with Crippen LogP contribution >= 0.6 is 0 Å². The van der Waals surface area contributed by atoms with E-state index in [1.165, 1.54) is 0 Å². The highest BCUT2D eigenvalue weighted by atomic mass is 16.2. The maximum atomic E-state index is 12.9. The van der Waals surface area contributed by atoms with Gasteiger partial charge < -0.3 is 16.0 Å². The van der Waals surface area contributed by atoms with E-state index in [4.69, 9.17) is 0 Å². The minimum Gasteiger partial charge on any atom is -0.354 e. The summed E-state index contributed by atoms with van der Waals surface area (Å²) in [6.45, 7) is 3.55. The van der Waals surface area contributed by atoms with Crippen LogP contribution in [-0.2, 0) is 14.4 Å². The second-order valence-corrected chi connectivity index (χ2v) is 8.18. The summed E-state index contributed by atoms with van der Waals surface area (Å²) in [6, 6.07) is 7.33. The third kappa shape index (κ3) is 4.76. The minimum absolute atomic E-state index is 0.0531. The fourth-order valence-electron chi connectivity index (χ4n) is 4.47. The molecule has 0 bridgehead atoms. The van der Waals surface area contributed by atoms with E-state index in [0.29, 0.717) is 18.2 Å². The van der Waals surface area contributed by atoms with E-state index in [2.05, 4.69) is 20.9 Å². The van der Waals surface area contributed by atoms with E-state index in [1.54, 1.807) is 4.90 Å². The first-order valence-corrected chi connectivity index (χ1v) is 10.5. The van der Waals surface area contributed by atoms with Crippen molar-refractivity contribution in [3.05, 3.63) is 24.3 Å². The highest BCUT2D eigenvalue weighted by molar-refractivity contribution is 6.10. The van der Waals surface area contributed by atoms with Crippen LogP contribution in [0, 0.1) is 5.92 Å². The minimum atomic E-state index is -0.170. The van der Waals surface area contributed by atoms with Crippen LogP contribution in [0.1, 0.15) is 25.7 Å². The molecule has 1 aromatic rings. The number of piperidine rings is 1. The smallest absolute Gasteiger partial charge is 0.244 e. The summed E-state index contributed by atoms with van der Waals surface area (Å²) in [6.07, 6.45) is 4.02. The molecule has 0 aliphatic carbocycles. The number of carbonyl (C=O) groups is 3. The number of benzene rings is 1. The van der Waals surface area contributed by atoms with Gasteiger partial charge >= 0.3 is 0 Å². The molecule has 2 atom stereocenters. The Hall–Kier alpha value is -2.45. The van der Waals surface area contributed by atoms with Crippen LogP contribution in [0.3, 0.4) is 0 Å². The molecule has 8 nitrogen and oxygen atoms in total. The fourth-order valence-corrected chi connectivity index (χ4v) is 4.47. The molecule has 3 aliphatic heterocycles. The van der Waals surface area contributed by atoms with E-state index in [-0.39, 0.29) is 36.9 Å². The van der Waals surface area contributed by atoms with Gasteiger partial charge in [-0.1, -0.05) is 12.1 Å². The molecule has 3 heterocycles. The molecular weight excluding hydrogens is 370 g/mol. The highest BCUT2D eigenvalue weighted by Crippen LogP contribution is 2.29. The Labute approximate surface area is 171 Å². The normalized spacial score (nSPS) is 24.7. The van der Waals surface area contributed by atoms with Crippen molar-refractivity contribution in [2.75, 3.05) is 49.5 Å². The van der Waals surface area contributed by atoms with Gasteiger partial charge in [0.1, 0.15) is 6.54 Å². The Morgan fingerprint density at radius 3 is 2.86 bits per heavy atom. The molecule has 3 amide bonds. The molecule has 3 N–H and O–H groups in total. The van der Waals surface area contributed by atoms with Crippen molar-refractivity contribution >= 4 is 29.1 Å². The predicted octanol–water partition coefficient (Wildman–Crippen LogP) is 0.552. The van der Waals surface area contributed by atoms with Gasteiger partial charge in [0.05, 0.1) is 24.0 Å². The fraction of sp³-hybridized carbons (Fsp3) is 0.571. The summed E-state index contributed by atoms with van der Waals surface area (Å²) in [5, 5.41) is 9.11. The molecule has 1 aromatic carbocycles. The molecule has 2 fully saturated rings. The van der Waals surface area contributed by atoms with Crippen molar-refractivity contribution < 1.29 is 14.4 Å². The van der Waals surface area contributed by atoms with Crippen LogP contribution < -0.4 is 20.9 Å². The van der Waals surface area contributed by atoms with Gasteiger partial charge in [0.15, 0.2) is 0 Å². The van der Waals surface area contributed by atoms with Gasteiger partial charge in [-0.2, -0.15) is 0 Å². The van der Waals surface area contributed by atoms with E-state index < -0.39 is 0 Å². The zero-order valence-corrected chi connectivity index (χ0v) is 16.7. The summed E-state index contributed by atoms with van der Waals surface area (Å²) < 4.78 is 0. The number of amides is 3. The molecular formula is C21H29N5O3. The van der Waals surface area contributed by atoms with Crippen molar-refractivity contribution in [3.63, 3.8) is 0 Å². The van der Waals surface area contributed by atoms with Gasteiger partial charge in [0, 0.05) is 13.1 Å². The molecule has 3 aliphatic rings. The van der Waals surface area contributed by atoms with E-state index >= 15 is 0 Å². The third-order valence-corrected chi connectivity index (χ3v) is 5.98. The number of rotatable bonds is 5. The number of para-hydroxylation sites is 2. The molecule has 2 unspecified atom stereocenters. The quantitative estimate of drug-likeness (QED) is 0.672. The van der Waals surface area contributed by atoms with E-state index in [1.807, 2.05) is 24.3 Å². The van der Waals surface area contributed by atoms with Gasteiger partial charge in [0.25, 0.3) is 0 Å². The number of fused-ring (bicyclic) bond motifs is 1. The molecule has 0 saturated carbocycles. The first-order valence-electron chi connectivity index (χ1n) is 10.5. The van der Waals surface area contributed by atoms with Gasteiger partial charge in [-0.3, -0.25) is 24.2 Å². The largest absolute Gasteiger partial charge is 0.354 e. The topological polar surface area (TPSA) is 93.8 Å². The summed E-state index contributed by atoms with van der Waals surface area (Å²) in [4.78, 5) is 40.9. The Balaban J connectivity index is 1.30. The maximum absolute atomic E-state index is 12.9. The molecule has 0 aromatic heterocycles. The van der Waals surface area contributed by atoms with Crippen LogP contribution in [0.2, 0.25) is 0 Å². The average molecular weight is 399 g/mol. The lowest BCUT2D eigenvalue weighted by Crippen LogP contribution is -2.50. The van der Waals surface area contributed by atoms with Gasteiger partial charge in [-0.25, -0.2) is 0 Å². The molecule has 29 heavy (non-hydrogen) atoms. The van der Waals surface area contributed by atoms with Crippen LogP contribution in [0.25, 0.3) is 0 Å². The summed E-state index contributed by atoms with van der Waals surface area (Å²) in [5.74, 6) is 0.203. The third-order valence-electron chi connectivity index (χ3n) is 5.98. The Kier molecular flexibility index (Phi) is 6.10. The molecule has 156 valence electrons. The first-order chi connectivity index (χ1) is 14.1. The zero-order valence-electron chi connectivity index (χ0n) is 16.7. The zero-order chi connectivity index (χ0) is 20.2. The van der Waals surface area contributed by atoms with Crippen molar-refractivity contribution in [3.8, 4) is 0 Å². The first kappa shape index (κ1) is 19.8. The second kappa shape index (κ2) is 8.92. The molecule has 8 heteroatoms. The highest BCUT2D eigenvalue weighted by Gasteiger charge is 2.30. The lowest BCUT2D eigenvalue weighted by Gasteiger charge is -2.35. The average Bonchev–Trinajstić information content (AvgIpc) is 3.26. The molecule has 2 saturated heterocycles. The SMILES string of the molecule is O=C1CN(C(=O)CN2CCCC(CNC(=O)C3CCCN3)C2)c2ccccc2N1. The van der Waals surface area contributed by atoms with Gasteiger partial charge in [-0.05, 0) is 56.8 Å². The van der Waals surface area contributed by atoms with Crippen molar-refractivity contribution in [2.24, 2.45) is 5.92 Å². The Morgan fingerprint density at radius 2 is 2.03 bits per heavy atom. The monoisotopic (exact) mass is 399 g/mol. The predicted molar refractivity (Wildman–Crippen MR) is 111 cm³/mol.